The fourth-order valence-electron chi connectivity index (χ4n) is 3.58. The zero-order valence-corrected chi connectivity index (χ0v) is 21.8. The lowest BCUT2D eigenvalue weighted by Gasteiger charge is -2.34. The van der Waals surface area contributed by atoms with E-state index in [1.807, 2.05) is 0 Å². The summed E-state index contributed by atoms with van der Waals surface area (Å²) in [7, 11) is 1.49. The Labute approximate surface area is 220 Å². The van der Waals surface area contributed by atoms with Gasteiger partial charge in [-0.3, -0.25) is 14.4 Å². The van der Waals surface area contributed by atoms with E-state index < -0.39 is 54.5 Å². The average molecular weight is 531 g/mol. The Kier molecular flexibility index (Phi) is 10.5. The molecule has 0 aliphatic rings. The maximum Gasteiger partial charge on any atom is 0.408 e. The van der Waals surface area contributed by atoms with Crippen molar-refractivity contribution >= 4 is 29.5 Å². The van der Waals surface area contributed by atoms with Crippen molar-refractivity contribution in [1.82, 2.24) is 10.2 Å². The van der Waals surface area contributed by atoms with Gasteiger partial charge in [-0.1, -0.05) is 18.2 Å². The third-order valence-electron chi connectivity index (χ3n) is 5.17. The monoisotopic (exact) mass is 530 g/mol. The average Bonchev–Trinajstić information content (AvgIpc) is 2.83. The van der Waals surface area contributed by atoms with E-state index in [1.54, 1.807) is 51.1 Å². The van der Waals surface area contributed by atoms with Crippen LogP contribution in [0.2, 0.25) is 0 Å². The number of carbonyl (C=O) groups excluding carboxylic acids is 4. The molecule has 4 amide bonds. The molecule has 0 aromatic heterocycles. The third-order valence-corrected chi connectivity index (χ3v) is 5.17. The minimum atomic E-state index is -1.52. The number of phenolic OH excluding ortho intramolecular Hbond substituents is 1. The molecule has 0 radical (unpaired) electrons. The highest BCUT2D eigenvalue weighted by Crippen LogP contribution is 2.31. The molecule has 12 heteroatoms. The lowest BCUT2D eigenvalue weighted by Crippen LogP contribution is -2.54. The number of anilines is 1. The van der Waals surface area contributed by atoms with Crippen molar-refractivity contribution in [2.75, 3.05) is 25.6 Å². The van der Waals surface area contributed by atoms with Crippen LogP contribution in [-0.4, -0.2) is 70.8 Å². The van der Waals surface area contributed by atoms with Crippen molar-refractivity contribution in [2.24, 2.45) is 5.73 Å². The highest BCUT2D eigenvalue weighted by atomic mass is 16.6. The maximum absolute atomic E-state index is 13.7. The number of nitrogens with two attached hydrogens (primary N) is 1. The predicted octanol–water partition coefficient (Wildman–Crippen LogP) is 1.67. The number of nitrogens with zero attached hydrogens (tertiary/aromatic N) is 1. The van der Waals surface area contributed by atoms with Crippen molar-refractivity contribution in [1.29, 1.82) is 0 Å². The van der Waals surface area contributed by atoms with E-state index in [2.05, 4.69) is 10.6 Å². The topological polar surface area (TPSA) is 181 Å². The molecule has 2 unspecified atom stereocenters. The third kappa shape index (κ3) is 8.66. The lowest BCUT2D eigenvalue weighted by molar-refractivity contribution is -0.142. The van der Waals surface area contributed by atoms with Crippen molar-refractivity contribution in [3.8, 4) is 11.5 Å². The number of primary amides is 1. The number of aliphatic hydroxyl groups excluding tert-OH is 1. The molecule has 2 aromatic carbocycles. The van der Waals surface area contributed by atoms with Crippen LogP contribution >= 0.6 is 0 Å². The molecule has 0 heterocycles. The van der Waals surface area contributed by atoms with Crippen LogP contribution in [-0.2, 0) is 19.1 Å². The first-order valence-corrected chi connectivity index (χ1v) is 11.8. The van der Waals surface area contributed by atoms with E-state index in [1.165, 1.54) is 25.3 Å². The number of methoxy groups -OCH3 is 1. The zero-order chi connectivity index (χ0) is 28.5. The first-order valence-electron chi connectivity index (χ1n) is 11.8. The first-order chi connectivity index (χ1) is 17.9. The minimum Gasteiger partial charge on any atom is -0.508 e. The van der Waals surface area contributed by atoms with Crippen LogP contribution in [0.25, 0.3) is 0 Å². The van der Waals surface area contributed by atoms with E-state index in [4.69, 9.17) is 15.2 Å². The van der Waals surface area contributed by atoms with Gasteiger partial charge in [0.1, 0.15) is 29.2 Å². The Morgan fingerprint density at radius 2 is 1.68 bits per heavy atom. The van der Waals surface area contributed by atoms with E-state index >= 15 is 0 Å². The fourth-order valence-corrected chi connectivity index (χ4v) is 3.58. The predicted molar refractivity (Wildman–Crippen MR) is 138 cm³/mol. The number of alkyl carbamates (subject to hydrolysis) is 1. The molecule has 0 bridgehead atoms. The molecule has 12 nitrogen and oxygen atoms in total. The second-order valence-corrected chi connectivity index (χ2v) is 9.30. The van der Waals surface area contributed by atoms with Gasteiger partial charge in [0.25, 0.3) is 5.91 Å². The van der Waals surface area contributed by atoms with Crippen molar-refractivity contribution in [3.63, 3.8) is 0 Å². The van der Waals surface area contributed by atoms with Gasteiger partial charge in [-0.15, -0.1) is 0 Å². The van der Waals surface area contributed by atoms with E-state index in [0.717, 1.165) is 4.90 Å². The van der Waals surface area contributed by atoms with Gasteiger partial charge in [0.2, 0.25) is 11.8 Å². The highest BCUT2D eigenvalue weighted by Gasteiger charge is 2.38. The highest BCUT2D eigenvalue weighted by molar-refractivity contribution is 6.00. The summed E-state index contributed by atoms with van der Waals surface area (Å²) in [6.07, 6.45) is -1.59. The number of hydrogen-bond donors (Lipinski definition) is 5. The van der Waals surface area contributed by atoms with Crippen LogP contribution in [0.5, 0.6) is 11.5 Å². The summed E-state index contributed by atoms with van der Waals surface area (Å²) in [5.41, 5.74) is 4.85. The summed E-state index contributed by atoms with van der Waals surface area (Å²) in [6.45, 7) is 3.91. The van der Waals surface area contributed by atoms with Gasteiger partial charge < -0.3 is 41.0 Å². The molecule has 0 saturated carbocycles. The molecule has 2 rings (SSSR count). The Hall–Kier alpha value is -4.32. The normalized spacial score (nSPS) is 12.6. The molecular weight excluding hydrogens is 496 g/mol. The largest absolute Gasteiger partial charge is 0.508 e. The molecule has 0 aliphatic carbocycles. The molecule has 38 heavy (non-hydrogen) atoms. The maximum atomic E-state index is 13.7. The summed E-state index contributed by atoms with van der Waals surface area (Å²) >= 11 is 0. The SMILES string of the molecule is COc1ccc(NC(=O)C(c2ccccc2O)N(CCO)C(=O)C(CC(N)=O)NC(=O)OC(C)(C)C)cc1. The van der Waals surface area contributed by atoms with E-state index in [9.17, 15) is 29.4 Å². The lowest BCUT2D eigenvalue weighted by atomic mass is 10.0. The summed E-state index contributed by atoms with van der Waals surface area (Å²) < 4.78 is 10.3. The van der Waals surface area contributed by atoms with Gasteiger partial charge in [-0.05, 0) is 51.1 Å². The van der Waals surface area contributed by atoms with Crippen LogP contribution in [0.1, 0.15) is 38.8 Å². The second-order valence-electron chi connectivity index (χ2n) is 9.30. The van der Waals surface area contributed by atoms with Crippen LogP contribution < -0.4 is 21.1 Å². The smallest absolute Gasteiger partial charge is 0.408 e. The van der Waals surface area contributed by atoms with Crippen molar-refractivity contribution in [3.05, 3.63) is 54.1 Å². The molecule has 0 aliphatic heterocycles. The number of amides is 4. The first kappa shape index (κ1) is 29.9. The molecule has 2 aromatic rings. The zero-order valence-electron chi connectivity index (χ0n) is 21.8. The van der Waals surface area contributed by atoms with Gasteiger partial charge in [-0.25, -0.2) is 4.79 Å². The number of rotatable bonds is 11. The molecule has 206 valence electrons. The van der Waals surface area contributed by atoms with Crippen LogP contribution in [0.15, 0.2) is 48.5 Å². The van der Waals surface area contributed by atoms with E-state index in [0.29, 0.717) is 11.4 Å². The molecular formula is C26H34N4O8. The summed E-state index contributed by atoms with van der Waals surface area (Å²) in [4.78, 5) is 52.4. The minimum absolute atomic E-state index is 0.0513. The van der Waals surface area contributed by atoms with Gasteiger partial charge in [0.05, 0.1) is 20.1 Å². The summed E-state index contributed by atoms with van der Waals surface area (Å²) in [5, 5.41) is 25.3. The van der Waals surface area contributed by atoms with Crippen LogP contribution in [0, 0.1) is 0 Å². The molecule has 6 N–H and O–H groups in total. The number of hydrogen-bond acceptors (Lipinski definition) is 8. The van der Waals surface area contributed by atoms with Gasteiger partial charge in [0, 0.05) is 17.8 Å². The summed E-state index contributed by atoms with van der Waals surface area (Å²) in [5.74, 6) is -2.26. The number of aliphatic hydroxyl groups is 1. The Morgan fingerprint density at radius 1 is 1.05 bits per heavy atom. The Bertz CT molecular complexity index is 1130. The number of para-hydroxylation sites is 1. The number of ether oxygens (including phenoxy) is 2. The van der Waals surface area contributed by atoms with Gasteiger partial charge in [-0.2, -0.15) is 0 Å². The van der Waals surface area contributed by atoms with Gasteiger partial charge in [0.15, 0.2) is 0 Å². The van der Waals surface area contributed by atoms with Crippen LogP contribution in [0.3, 0.4) is 0 Å². The standard InChI is InChI=1S/C26H34N4O8/c1-26(2,3)38-25(36)29-19(15-21(27)33)24(35)30(13-14-31)22(18-7-5-6-8-20(18)32)23(34)28-16-9-11-17(37-4)12-10-16/h5-12,19,22,31-32H,13-15H2,1-4H3,(H2,27,33)(H,28,34)(H,29,36). The Balaban J connectivity index is 2.50. The van der Waals surface area contributed by atoms with Crippen LogP contribution in [0.4, 0.5) is 10.5 Å². The molecule has 0 spiro atoms. The molecule has 0 saturated heterocycles. The van der Waals surface area contributed by atoms with Gasteiger partial charge >= 0.3 is 6.09 Å². The number of aromatic hydroxyl groups is 1. The number of phenols is 1. The fraction of sp³-hybridized carbons (Fsp3) is 0.385. The summed E-state index contributed by atoms with van der Waals surface area (Å²) in [6, 6.07) is 9.29. The van der Waals surface area contributed by atoms with Crippen molar-refractivity contribution < 1.29 is 38.9 Å². The molecule has 2 atom stereocenters. The quantitative estimate of drug-likeness (QED) is 0.291. The number of carbonyl (C=O) groups is 4. The van der Waals surface area contributed by atoms with E-state index in [-0.39, 0.29) is 17.9 Å². The Morgan fingerprint density at radius 3 is 2.21 bits per heavy atom. The molecule has 0 fully saturated rings. The number of nitrogens with one attached hydrogen (secondary N) is 2. The van der Waals surface area contributed by atoms with Crippen molar-refractivity contribution in [2.45, 2.75) is 44.9 Å². The second kappa shape index (κ2) is 13.3. The number of benzene rings is 2.